The molecule has 0 fully saturated rings. The standard InChI is InChI=1S/C19H21N3O6/c1-10-7-13(12(3)27-10)15-8-14(17-11(2)21-28-18(17)20-15)19(25)22(5-6-26-4)9-16(23)24/h7-8H,5-6,9H2,1-4H3,(H,23,24). The van der Waals surface area contributed by atoms with Gasteiger partial charge in [0.05, 0.1) is 28.9 Å². The zero-order valence-corrected chi connectivity index (χ0v) is 16.1. The van der Waals surface area contributed by atoms with E-state index in [0.717, 1.165) is 5.56 Å². The second-order valence-electron chi connectivity index (χ2n) is 6.44. The molecule has 1 N–H and O–H groups in total. The number of ether oxygens (including phenoxy) is 1. The van der Waals surface area contributed by atoms with Gasteiger partial charge in [-0.2, -0.15) is 0 Å². The number of carboxylic acid groups (broad SMARTS) is 1. The van der Waals surface area contributed by atoms with Crippen molar-refractivity contribution < 1.29 is 28.4 Å². The van der Waals surface area contributed by atoms with Gasteiger partial charge in [0.25, 0.3) is 11.6 Å². The molecular weight excluding hydrogens is 366 g/mol. The van der Waals surface area contributed by atoms with E-state index in [1.165, 1.54) is 12.0 Å². The Balaban J connectivity index is 2.14. The zero-order chi connectivity index (χ0) is 20.4. The number of carbonyl (C=O) groups excluding carboxylic acids is 1. The van der Waals surface area contributed by atoms with E-state index >= 15 is 0 Å². The van der Waals surface area contributed by atoms with Gasteiger partial charge in [0.2, 0.25) is 0 Å². The molecule has 9 nitrogen and oxygen atoms in total. The van der Waals surface area contributed by atoms with E-state index in [-0.39, 0.29) is 24.4 Å². The zero-order valence-electron chi connectivity index (χ0n) is 16.1. The molecule has 3 aromatic heterocycles. The molecule has 3 rings (SSSR count). The molecule has 0 unspecified atom stereocenters. The first kappa shape index (κ1) is 19.6. The highest BCUT2D eigenvalue weighted by atomic mass is 16.5. The summed E-state index contributed by atoms with van der Waals surface area (Å²) in [6, 6.07) is 3.44. The molecule has 0 aliphatic carbocycles. The van der Waals surface area contributed by atoms with Gasteiger partial charge >= 0.3 is 5.97 Å². The van der Waals surface area contributed by atoms with Gasteiger partial charge in [0.1, 0.15) is 18.1 Å². The topological polar surface area (TPSA) is 119 Å². The van der Waals surface area contributed by atoms with Crippen LogP contribution in [0.2, 0.25) is 0 Å². The Kier molecular flexibility index (Phi) is 5.46. The molecule has 0 bridgehead atoms. The number of hydrogen-bond acceptors (Lipinski definition) is 7. The van der Waals surface area contributed by atoms with Crippen LogP contribution in [-0.2, 0) is 9.53 Å². The monoisotopic (exact) mass is 387 g/mol. The lowest BCUT2D eigenvalue weighted by molar-refractivity contribution is -0.137. The van der Waals surface area contributed by atoms with E-state index in [4.69, 9.17) is 13.7 Å². The van der Waals surface area contributed by atoms with Gasteiger partial charge in [0.15, 0.2) is 0 Å². The third-order valence-corrected chi connectivity index (χ3v) is 4.34. The quantitative estimate of drug-likeness (QED) is 0.657. The van der Waals surface area contributed by atoms with E-state index in [1.807, 2.05) is 13.0 Å². The number of aryl methyl sites for hydroxylation is 3. The Morgan fingerprint density at radius 3 is 2.61 bits per heavy atom. The van der Waals surface area contributed by atoms with Crippen LogP contribution in [0.5, 0.6) is 0 Å². The highest BCUT2D eigenvalue weighted by Crippen LogP contribution is 2.31. The highest BCUT2D eigenvalue weighted by Gasteiger charge is 2.25. The summed E-state index contributed by atoms with van der Waals surface area (Å²) in [7, 11) is 1.49. The third-order valence-electron chi connectivity index (χ3n) is 4.34. The van der Waals surface area contributed by atoms with Gasteiger partial charge in [-0.3, -0.25) is 9.59 Å². The molecule has 0 saturated heterocycles. The van der Waals surface area contributed by atoms with Gasteiger partial charge in [-0.05, 0) is 32.9 Å². The third kappa shape index (κ3) is 3.74. The lowest BCUT2D eigenvalue weighted by Gasteiger charge is -2.21. The fraction of sp³-hybridized carbons (Fsp3) is 0.368. The van der Waals surface area contributed by atoms with Gasteiger partial charge in [-0.15, -0.1) is 0 Å². The smallest absolute Gasteiger partial charge is 0.323 e. The molecule has 3 aromatic rings. The van der Waals surface area contributed by atoms with Crippen molar-refractivity contribution >= 4 is 23.0 Å². The van der Waals surface area contributed by atoms with E-state index in [0.29, 0.717) is 28.3 Å². The number of pyridine rings is 1. The van der Waals surface area contributed by atoms with Crippen molar-refractivity contribution in [3.63, 3.8) is 0 Å². The molecule has 0 aliphatic heterocycles. The number of carboxylic acids is 1. The number of furan rings is 1. The number of amides is 1. The van der Waals surface area contributed by atoms with Crippen LogP contribution in [0.15, 0.2) is 21.1 Å². The van der Waals surface area contributed by atoms with Crippen molar-refractivity contribution in [2.75, 3.05) is 26.8 Å². The average molecular weight is 387 g/mol. The van der Waals surface area contributed by atoms with E-state index in [2.05, 4.69) is 10.1 Å². The number of aromatic nitrogens is 2. The molecule has 28 heavy (non-hydrogen) atoms. The summed E-state index contributed by atoms with van der Waals surface area (Å²) in [4.78, 5) is 30.1. The van der Waals surface area contributed by atoms with E-state index in [9.17, 15) is 14.7 Å². The molecule has 0 spiro atoms. The number of nitrogens with zero attached hydrogens (tertiary/aromatic N) is 3. The average Bonchev–Trinajstić information content (AvgIpc) is 3.18. The maximum Gasteiger partial charge on any atom is 0.323 e. The van der Waals surface area contributed by atoms with Crippen LogP contribution in [0.1, 0.15) is 27.6 Å². The van der Waals surface area contributed by atoms with Gasteiger partial charge in [-0.1, -0.05) is 5.16 Å². The molecule has 0 radical (unpaired) electrons. The second-order valence-corrected chi connectivity index (χ2v) is 6.44. The molecule has 148 valence electrons. The van der Waals surface area contributed by atoms with Crippen LogP contribution in [0.4, 0.5) is 0 Å². The lowest BCUT2D eigenvalue weighted by atomic mass is 10.0. The number of carbonyl (C=O) groups is 2. The Bertz CT molecular complexity index is 1040. The number of fused-ring (bicyclic) bond motifs is 1. The van der Waals surface area contributed by atoms with Crippen LogP contribution in [0.3, 0.4) is 0 Å². The van der Waals surface area contributed by atoms with Crippen LogP contribution < -0.4 is 0 Å². The minimum atomic E-state index is -1.11. The first-order valence-corrected chi connectivity index (χ1v) is 8.66. The van der Waals surface area contributed by atoms with Crippen LogP contribution in [0, 0.1) is 20.8 Å². The summed E-state index contributed by atoms with van der Waals surface area (Å²) in [5, 5.41) is 13.6. The first-order valence-electron chi connectivity index (χ1n) is 8.66. The summed E-state index contributed by atoms with van der Waals surface area (Å²) in [6.07, 6.45) is 0. The highest BCUT2D eigenvalue weighted by molar-refractivity contribution is 6.07. The molecule has 9 heteroatoms. The second kappa shape index (κ2) is 7.81. The van der Waals surface area contributed by atoms with Crippen molar-refractivity contribution in [2.24, 2.45) is 0 Å². The van der Waals surface area contributed by atoms with Gasteiger partial charge in [0, 0.05) is 19.2 Å². The van der Waals surface area contributed by atoms with E-state index in [1.54, 1.807) is 19.9 Å². The Morgan fingerprint density at radius 1 is 1.25 bits per heavy atom. The number of methoxy groups -OCH3 is 1. The number of rotatable bonds is 7. The van der Waals surface area contributed by atoms with Crippen LogP contribution >= 0.6 is 0 Å². The van der Waals surface area contributed by atoms with Crippen molar-refractivity contribution in [3.05, 3.63) is 34.9 Å². The fourth-order valence-electron chi connectivity index (χ4n) is 3.07. The molecule has 0 aliphatic rings. The van der Waals surface area contributed by atoms with Gasteiger partial charge < -0.3 is 23.7 Å². The van der Waals surface area contributed by atoms with Crippen molar-refractivity contribution in [1.82, 2.24) is 15.0 Å². The molecule has 3 heterocycles. The number of aliphatic carboxylic acids is 1. The summed E-state index contributed by atoms with van der Waals surface area (Å²) in [5.74, 6) is -0.208. The maximum absolute atomic E-state index is 13.2. The predicted octanol–water partition coefficient (Wildman–Crippen LogP) is 2.58. The summed E-state index contributed by atoms with van der Waals surface area (Å²) >= 11 is 0. The summed E-state index contributed by atoms with van der Waals surface area (Å²) in [5.41, 5.74) is 2.19. The lowest BCUT2D eigenvalue weighted by Crippen LogP contribution is -2.38. The van der Waals surface area contributed by atoms with Crippen LogP contribution in [-0.4, -0.2) is 58.8 Å². The molecular formula is C19H21N3O6. The van der Waals surface area contributed by atoms with Crippen molar-refractivity contribution in [1.29, 1.82) is 0 Å². The predicted molar refractivity (Wildman–Crippen MR) is 99.1 cm³/mol. The summed E-state index contributed by atoms with van der Waals surface area (Å²) in [6.45, 7) is 5.22. The minimum Gasteiger partial charge on any atom is -0.480 e. The Hall–Kier alpha value is -3.20. The Labute approximate surface area is 160 Å². The van der Waals surface area contributed by atoms with Gasteiger partial charge in [-0.25, -0.2) is 4.98 Å². The normalized spacial score (nSPS) is 11.1. The van der Waals surface area contributed by atoms with E-state index < -0.39 is 18.4 Å². The Morgan fingerprint density at radius 2 is 2.00 bits per heavy atom. The summed E-state index contributed by atoms with van der Waals surface area (Å²) < 4.78 is 15.9. The molecule has 1 amide bonds. The van der Waals surface area contributed by atoms with Crippen LogP contribution in [0.25, 0.3) is 22.4 Å². The minimum absolute atomic E-state index is 0.134. The van der Waals surface area contributed by atoms with Crippen molar-refractivity contribution in [3.8, 4) is 11.3 Å². The molecule has 0 aromatic carbocycles. The van der Waals surface area contributed by atoms with Crippen molar-refractivity contribution in [2.45, 2.75) is 20.8 Å². The fourth-order valence-corrected chi connectivity index (χ4v) is 3.07. The molecule has 0 saturated carbocycles. The first-order chi connectivity index (χ1) is 13.3. The largest absolute Gasteiger partial charge is 0.480 e. The number of hydrogen-bond donors (Lipinski definition) is 1. The SMILES string of the molecule is COCCN(CC(=O)O)C(=O)c1cc(-c2cc(C)oc2C)nc2onc(C)c12. The molecule has 0 atom stereocenters. The maximum atomic E-state index is 13.2.